The van der Waals surface area contributed by atoms with E-state index in [9.17, 15) is 18.0 Å². The molecule has 0 saturated carbocycles. The molecule has 1 atom stereocenters. The Morgan fingerprint density at radius 2 is 1.73 bits per heavy atom. The lowest BCUT2D eigenvalue weighted by Gasteiger charge is -2.15. The SMILES string of the molecule is CC(C)CNC(=O)C(C)OC(=O)c1ccc(Cl)c(S(=O)(=O)NCc2ccccc2)c1. The molecule has 162 valence electrons. The number of amides is 1. The average Bonchev–Trinajstić information content (AvgIpc) is 2.71. The van der Waals surface area contributed by atoms with Crippen LogP contribution < -0.4 is 10.0 Å². The zero-order valence-electron chi connectivity index (χ0n) is 17.0. The number of rotatable bonds is 9. The minimum Gasteiger partial charge on any atom is -0.449 e. The first-order valence-electron chi connectivity index (χ1n) is 9.42. The van der Waals surface area contributed by atoms with Crippen LogP contribution in [0.25, 0.3) is 0 Å². The molecule has 0 aliphatic carbocycles. The van der Waals surface area contributed by atoms with E-state index in [1.54, 1.807) is 24.3 Å². The Bertz CT molecular complexity index is 994. The van der Waals surface area contributed by atoms with Gasteiger partial charge in [0.05, 0.1) is 10.6 Å². The van der Waals surface area contributed by atoms with Crippen LogP contribution in [0.15, 0.2) is 53.4 Å². The van der Waals surface area contributed by atoms with E-state index < -0.39 is 28.0 Å². The molecule has 0 bridgehead atoms. The fourth-order valence-electron chi connectivity index (χ4n) is 2.42. The van der Waals surface area contributed by atoms with Gasteiger partial charge in [-0.25, -0.2) is 17.9 Å². The maximum absolute atomic E-state index is 12.7. The summed E-state index contributed by atoms with van der Waals surface area (Å²) < 4.78 is 33.0. The Kier molecular flexibility index (Phi) is 8.40. The van der Waals surface area contributed by atoms with Gasteiger partial charge in [0, 0.05) is 13.1 Å². The highest BCUT2D eigenvalue weighted by molar-refractivity contribution is 7.89. The lowest BCUT2D eigenvalue weighted by Crippen LogP contribution is -2.37. The van der Waals surface area contributed by atoms with Gasteiger partial charge in [-0.2, -0.15) is 0 Å². The number of sulfonamides is 1. The van der Waals surface area contributed by atoms with E-state index >= 15 is 0 Å². The molecule has 0 heterocycles. The van der Waals surface area contributed by atoms with Gasteiger partial charge < -0.3 is 10.1 Å². The number of benzene rings is 2. The topological polar surface area (TPSA) is 102 Å². The second-order valence-electron chi connectivity index (χ2n) is 7.14. The van der Waals surface area contributed by atoms with Crippen molar-refractivity contribution in [3.05, 3.63) is 64.7 Å². The quantitative estimate of drug-likeness (QED) is 0.569. The van der Waals surface area contributed by atoms with E-state index in [1.165, 1.54) is 19.1 Å². The molecule has 7 nitrogen and oxygen atoms in total. The molecule has 0 saturated heterocycles. The largest absolute Gasteiger partial charge is 0.449 e. The number of hydrogen-bond donors (Lipinski definition) is 2. The van der Waals surface area contributed by atoms with Crippen LogP contribution in [-0.4, -0.2) is 32.9 Å². The Labute approximate surface area is 181 Å². The van der Waals surface area contributed by atoms with Gasteiger partial charge in [0.15, 0.2) is 6.10 Å². The van der Waals surface area contributed by atoms with Gasteiger partial charge in [-0.3, -0.25) is 4.79 Å². The van der Waals surface area contributed by atoms with Crippen LogP contribution in [0.5, 0.6) is 0 Å². The highest BCUT2D eigenvalue weighted by atomic mass is 35.5. The Hall–Kier alpha value is -2.42. The summed E-state index contributed by atoms with van der Waals surface area (Å²) in [4.78, 5) is 24.2. The summed E-state index contributed by atoms with van der Waals surface area (Å²) in [6.07, 6.45) is -1.02. The zero-order valence-corrected chi connectivity index (χ0v) is 18.6. The van der Waals surface area contributed by atoms with Crippen molar-refractivity contribution in [3.8, 4) is 0 Å². The summed E-state index contributed by atoms with van der Waals surface area (Å²) in [5.41, 5.74) is 0.747. The summed E-state index contributed by atoms with van der Waals surface area (Å²) in [5.74, 6) is -0.994. The number of hydrogen-bond acceptors (Lipinski definition) is 5. The first-order chi connectivity index (χ1) is 14.1. The van der Waals surface area contributed by atoms with E-state index in [0.29, 0.717) is 6.54 Å². The smallest absolute Gasteiger partial charge is 0.338 e. The molecule has 1 unspecified atom stereocenters. The van der Waals surface area contributed by atoms with Gasteiger partial charge in [-0.1, -0.05) is 55.8 Å². The second-order valence-corrected chi connectivity index (χ2v) is 9.28. The normalized spacial score (nSPS) is 12.4. The van der Waals surface area contributed by atoms with Crippen LogP contribution in [0.4, 0.5) is 0 Å². The number of ether oxygens (including phenoxy) is 1. The minimum absolute atomic E-state index is 0.0250. The number of nitrogens with one attached hydrogen (secondary N) is 2. The number of carbonyl (C=O) groups excluding carboxylic acids is 2. The maximum atomic E-state index is 12.7. The molecule has 0 aromatic heterocycles. The van der Waals surface area contributed by atoms with E-state index in [1.807, 2.05) is 19.9 Å². The Balaban J connectivity index is 2.11. The van der Waals surface area contributed by atoms with E-state index in [0.717, 1.165) is 11.6 Å². The van der Waals surface area contributed by atoms with Crippen molar-refractivity contribution >= 4 is 33.5 Å². The van der Waals surface area contributed by atoms with Crippen molar-refractivity contribution in [1.82, 2.24) is 10.0 Å². The average molecular weight is 453 g/mol. The molecule has 2 N–H and O–H groups in total. The van der Waals surface area contributed by atoms with Gasteiger partial charge in [0.2, 0.25) is 10.0 Å². The van der Waals surface area contributed by atoms with Gasteiger partial charge in [0.1, 0.15) is 4.90 Å². The molecular weight excluding hydrogens is 428 g/mol. The van der Waals surface area contributed by atoms with Gasteiger partial charge in [-0.15, -0.1) is 0 Å². The third-order valence-corrected chi connectivity index (χ3v) is 5.99. The monoisotopic (exact) mass is 452 g/mol. The number of esters is 1. The molecule has 0 aliphatic rings. The van der Waals surface area contributed by atoms with E-state index in [2.05, 4.69) is 10.0 Å². The standard InChI is InChI=1S/C21H25ClN2O5S/c1-14(2)12-23-20(25)15(3)29-21(26)17-9-10-18(22)19(11-17)30(27,28)24-13-16-7-5-4-6-8-16/h4-11,14-15,24H,12-13H2,1-3H3,(H,23,25). The van der Waals surface area contributed by atoms with Crippen LogP contribution in [0.2, 0.25) is 5.02 Å². The van der Waals surface area contributed by atoms with Crippen molar-refractivity contribution in [3.63, 3.8) is 0 Å². The third-order valence-electron chi connectivity index (χ3n) is 4.10. The minimum atomic E-state index is -3.98. The molecule has 0 fully saturated rings. The predicted octanol–water partition coefficient (Wildman–Crippen LogP) is 3.14. The highest BCUT2D eigenvalue weighted by Gasteiger charge is 2.23. The molecule has 9 heteroatoms. The van der Waals surface area contributed by atoms with Crippen LogP contribution in [0.3, 0.4) is 0 Å². The molecule has 0 aliphatic heterocycles. The van der Waals surface area contributed by atoms with Crippen LogP contribution in [0, 0.1) is 5.92 Å². The Morgan fingerprint density at radius 1 is 1.07 bits per heavy atom. The summed E-state index contributed by atoms with van der Waals surface area (Å²) in [6, 6.07) is 12.8. The molecule has 30 heavy (non-hydrogen) atoms. The van der Waals surface area contributed by atoms with Gasteiger partial charge in [0.25, 0.3) is 5.91 Å². The van der Waals surface area contributed by atoms with E-state index in [-0.39, 0.29) is 27.9 Å². The van der Waals surface area contributed by atoms with Crippen LogP contribution >= 0.6 is 11.6 Å². The highest BCUT2D eigenvalue weighted by Crippen LogP contribution is 2.23. The predicted molar refractivity (Wildman–Crippen MR) is 115 cm³/mol. The first kappa shape index (κ1) is 23.9. The summed E-state index contributed by atoms with van der Waals surface area (Å²) in [6.45, 7) is 5.86. The lowest BCUT2D eigenvalue weighted by molar-refractivity contribution is -0.129. The number of halogens is 1. The van der Waals surface area contributed by atoms with E-state index in [4.69, 9.17) is 16.3 Å². The molecule has 0 spiro atoms. The molecule has 2 aromatic carbocycles. The summed E-state index contributed by atoms with van der Waals surface area (Å²) in [5, 5.41) is 2.64. The molecular formula is C21H25ClN2O5S. The summed E-state index contributed by atoms with van der Waals surface area (Å²) in [7, 11) is -3.98. The van der Waals surface area contributed by atoms with Crippen LogP contribution in [-0.2, 0) is 26.1 Å². The van der Waals surface area contributed by atoms with Crippen molar-refractivity contribution in [1.29, 1.82) is 0 Å². The molecule has 1 amide bonds. The number of carbonyl (C=O) groups is 2. The van der Waals surface area contributed by atoms with Gasteiger partial charge in [-0.05, 0) is 36.6 Å². The Morgan fingerprint density at radius 3 is 2.37 bits per heavy atom. The second kappa shape index (κ2) is 10.6. The molecule has 2 rings (SSSR count). The van der Waals surface area contributed by atoms with Crippen molar-refractivity contribution < 1.29 is 22.7 Å². The lowest BCUT2D eigenvalue weighted by atomic mass is 10.2. The van der Waals surface area contributed by atoms with Crippen LogP contribution in [0.1, 0.15) is 36.7 Å². The summed E-state index contributed by atoms with van der Waals surface area (Å²) >= 11 is 6.06. The molecule has 2 aromatic rings. The molecule has 0 radical (unpaired) electrons. The van der Waals surface area contributed by atoms with Crippen molar-refractivity contribution in [2.24, 2.45) is 5.92 Å². The van der Waals surface area contributed by atoms with Crippen molar-refractivity contribution in [2.45, 2.75) is 38.3 Å². The first-order valence-corrected chi connectivity index (χ1v) is 11.3. The fraction of sp³-hybridized carbons (Fsp3) is 0.333. The fourth-order valence-corrected chi connectivity index (χ4v) is 3.96. The maximum Gasteiger partial charge on any atom is 0.338 e. The third kappa shape index (κ3) is 6.83. The van der Waals surface area contributed by atoms with Crippen molar-refractivity contribution in [2.75, 3.05) is 6.54 Å². The van der Waals surface area contributed by atoms with Gasteiger partial charge >= 0.3 is 5.97 Å². The zero-order chi connectivity index (χ0) is 22.3.